The molecule has 8 heavy (non-hydrogen) atoms. The fourth-order valence-electron chi connectivity index (χ4n) is 0.178. The summed E-state index contributed by atoms with van der Waals surface area (Å²) < 4.78 is 33.5. The third-order valence-electron chi connectivity index (χ3n) is 0.438. The molecule has 4 heteroatoms. The van der Waals surface area contributed by atoms with E-state index in [1.165, 1.54) is 4.99 Å². The van der Waals surface area contributed by atoms with Crippen molar-refractivity contribution in [2.75, 3.05) is 0 Å². The van der Waals surface area contributed by atoms with E-state index in [-0.39, 0.29) is 0 Å². The molecule has 48 valence electrons. The van der Waals surface area contributed by atoms with Gasteiger partial charge in [0.1, 0.15) is 0 Å². The van der Waals surface area contributed by atoms with Gasteiger partial charge in [0.05, 0.1) is 6.42 Å². The largest absolute Gasteiger partial charge is 0.392 e. The fourth-order valence-corrected chi connectivity index (χ4v) is 0.365. The van der Waals surface area contributed by atoms with Crippen molar-refractivity contribution >= 4 is 15.9 Å². The van der Waals surface area contributed by atoms with E-state index < -0.39 is 12.6 Å². The lowest BCUT2D eigenvalue weighted by Crippen LogP contribution is -2.03. The molecule has 0 fully saturated rings. The highest BCUT2D eigenvalue weighted by Crippen LogP contribution is 2.19. The van der Waals surface area contributed by atoms with Crippen molar-refractivity contribution < 1.29 is 13.2 Å². The molecule has 0 heterocycles. The average molecular weight is 189 g/mol. The van der Waals surface area contributed by atoms with Crippen LogP contribution in [-0.4, -0.2) is 6.18 Å². The molecule has 0 bridgehead atoms. The third kappa shape index (κ3) is 6.01. The SMILES string of the molecule is FC(F)(F)C/C=C\Br. The number of halogens is 4. The summed E-state index contributed by atoms with van der Waals surface area (Å²) in [5.41, 5.74) is 0. The van der Waals surface area contributed by atoms with E-state index >= 15 is 0 Å². The van der Waals surface area contributed by atoms with Crippen molar-refractivity contribution in [3.8, 4) is 0 Å². The van der Waals surface area contributed by atoms with E-state index in [2.05, 4.69) is 15.9 Å². The van der Waals surface area contributed by atoms with Crippen LogP contribution in [0.5, 0.6) is 0 Å². The van der Waals surface area contributed by atoms with Crippen molar-refractivity contribution in [2.45, 2.75) is 12.6 Å². The molecule has 0 aliphatic heterocycles. The Morgan fingerprint density at radius 2 is 1.88 bits per heavy atom. The minimum atomic E-state index is -4.07. The molecule has 0 nitrogen and oxygen atoms in total. The Balaban J connectivity index is 3.39. The first-order chi connectivity index (χ1) is 3.56. The van der Waals surface area contributed by atoms with Crippen LogP contribution in [0.25, 0.3) is 0 Å². The molecule has 0 spiro atoms. The van der Waals surface area contributed by atoms with Gasteiger partial charge in [0.15, 0.2) is 0 Å². The molecular weight excluding hydrogens is 185 g/mol. The van der Waals surface area contributed by atoms with Crippen LogP contribution in [0.3, 0.4) is 0 Å². The first-order valence-electron chi connectivity index (χ1n) is 1.88. The van der Waals surface area contributed by atoms with Gasteiger partial charge in [-0.15, -0.1) is 0 Å². The van der Waals surface area contributed by atoms with Gasteiger partial charge in [0, 0.05) is 0 Å². The molecule has 0 radical (unpaired) electrons. The summed E-state index contributed by atoms with van der Waals surface area (Å²) in [7, 11) is 0. The van der Waals surface area contributed by atoms with E-state index in [4.69, 9.17) is 0 Å². The summed E-state index contributed by atoms with van der Waals surface area (Å²) in [6.45, 7) is 0. The minimum Gasteiger partial charge on any atom is -0.171 e. The van der Waals surface area contributed by atoms with E-state index in [0.29, 0.717) is 0 Å². The second-order valence-electron chi connectivity index (χ2n) is 1.18. The predicted octanol–water partition coefficient (Wildman–Crippen LogP) is 2.85. The quantitative estimate of drug-likeness (QED) is 0.594. The Kier molecular flexibility index (Phi) is 3.12. The number of hydrogen-bond acceptors (Lipinski definition) is 0. The molecular formula is C4H4BrF3. The van der Waals surface area contributed by atoms with E-state index in [9.17, 15) is 13.2 Å². The summed E-state index contributed by atoms with van der Waals surface area (Å²) >= 11 is 2.72. The maximum Gasteiger partial charge on any atom is 0.392 e. The Labute approximate surface area is 53.5 Å². The standard InChI is InChI=1S/C4H4BrF3/c5-3-1-2-4(6,7)8/h1,3H,2H2/b3-1-. The predicted molar refractivity (Wildman–Crippen MR) is 28.7 cm³/mol. The molecule has 0 atom stereocenters. The van der Waals surface area contributed by atoms with Gasteiger partial charge in [0.2, 0.25) is 0 Å². The lowest BCUT2D eigenvalue weighted by Gasteiger charge is -1.98. The van der Waals surface area contributed by atoms with Crippen molar-refractivity contribution in [3.63, 3.8) is 0 Å². The molecule has 0 aliphatic rings. The Hall–Kier alpha value is 0.01000. The van der Waals surface area contributed by atoms with Gasteiger partial charge in [-0.3, -0.25) is 0 Å². The third-order valence-corrected chi connectivity index (χ3v) is 0.812. The molecule has 0 saturated carbocycles. The summed E-state index contributed by atoms with van der Waals surface area (Å²) in [5, 5.41) is 0. The van der Waals surface area contributed by atoms with Gasteiger partial charge in [0.25, 0.3) is 0 Å². The van der Waals surface area contributed by atoms with E-state index in [1.54, 1.807) is 0 Å². The highest BCUT2D eigenvalue weighted by Gasteiger charge is 2.24. The van der Waals surface area contributed by atoms with Crippen LogP contribution in [0.15, 0.2) is 11.1 Å². The normalized spacial score (nSPS) is 13.0. The molecule has 0 aromatic heterocycles. The maximum absolute atomic E-state index is 11.2. The molecule has 0 saturated heterocycles. The highest BCUT2D eigenvalue weighted by atomic mass is 79.9. The minimum absolute atomic E-state index is 0.863. The van der Waals surface area contributed by atoms with Gasteiger partial charge in [-0.1, -0.05) is 22.0 Å². The van der Waals surface area contributed by atoms with Gasteiger partial charge < -0.3 is 0 Å². The van der Waals surface area contributed by atoms with Gasteiger partial charge in [-0.2, -0.15) is 13.2 Å². The smallest absolute Gasteiger partial charge is 0.171 e. The molecule has 0 aromatic carbocycles. The summed E-state index contributed by atoms with van der Waals surface area (Å²) in [4.78, 5) is 1.19. The lowest BCUT2D eigenvalue weighted by molar-refractivity contribution is -0.124. The average Bonchev–Trinajstić information content (AvgIpc) is 1.59. The first kappa shape index (κ1) is 8.01. The van der Waals surface area contributed by atoms with Gasteiger partial charge >= 0.3 is 6.18 Å². The zero-order valence-corrected chi connectivity index (χ0v) is 5.46. The summed E-state index contributed by atoms with van der Waals surface area (Å²) in [5.74, 6) is 0. The number of allylic oxidation sites excluding steroid dienone is 1. The second-order valence-corrected chi connectivity index (χ2v) is 1.71. The van der Waals surface area contributed by atoms with Crippen LogP contribution in [0.1, 0.15) is 6.42 Å². The van der Waals surface area contributed by atoms with Crippen molar-refractivity contribution in [2.24, 2.45) is 0 Å². The Bertz CT molecular complexity index is 83.8. The zero-order valence-electron chi connectivity index (χ0n) is 3.87. The molecule has 0 amide bonds. The highest BCUT2D eigenvalue weighted by molar-refractivity contribution is 9.11. The van der Waals surface area contributed by atoms with Crippen LogP contribution >= 0.6 is 15.9 Å². The van der Waals surface area contributed by atoms with Crippen LogP contribution in [0.2, 0.25) is 0 Å². The fraction of sp³-hybridized carbons (Fsp3) is 0.500. The molecule has 0 unspecified atom stereocenters. The van der Waals surface area contributed by atoms with Crippen LogP contribution in [0, 0.1) is 0 Å². The number of rotatable bonds is 1. The van der Waals surface area contributed by atoms with E-state index in [0.717, 1.165) is 6.08 Å². The van der Waals surface area contributed by atoms with E-state index in [1.807, 2.05) is 0 Å². The first-order valence-corrected chi connectivity index (χ1v) is 2.80. The number of hydrogen-bond donors (Lipinski definition) is 0. The van der Waals surface area contributed by atoms with Crippen molar-refractivity contribution in [1.82, 2.24) is 0 Å². The van der Waals surface area contributed by atoms with Crippen LogP contribution in [-0.2, 0) is 0 Å². The van der Waals surface area contributed by atoms with Crippen molar-refractivity contribution in [3.05, 3.63) is 11.1 Å². The van der Waals surface area contributed by atoms with Crippen molar-refractivity contribution in [1.29, 1.82) is 0 Å². The van der Waals surface area contributed by atoms with Gasteiger partial charge in [-0.25, -0.2) is 0 Å². The Morgan fingerprint density at radius 1 is 1.38 bits per heavy atom. The molecule has 0 aromatic rings. The monoisotopic (exact) mass is 188 g/mol. The van der Waals surface area contributed by atoms with Gasteiger partial charge in [-0.05, 0) is 4.99 Å². The van der Waals surface area contributed by atoms with Crippen LogP contribution in [0.4, 0.5) is 13.2 Å². The second kappa shape index (κ2) is 3.12. The van der Waals surface area contributed by atoms with Crippen LogP contribution < -0.4 is 0 Å². The molecule has 0 N–H and O–H groups in total. The molecule has 0 rings (SSSR count). The summed E-state index contributed by atoms with van der Waals surface area (Å²) in [6.07, 6.45) is -3.93. The summed E-state index contributed by atoms with van der Waals surface area (Å²) in [6, 6.07) is 0. The zero-order chi connectivity index (χ0) is 6.62. The molecule has 0 aliphatic carbocycles. The lowest BCUT2D eigenvalue weighted by atomic mass is 10.4. The topological polar surface area (TPSA) is 0 Å². The number of alkyl halides is 3. The Morgan fingerprint density at radius 3 is 2.00 bits per heavy atom. The maximum atomic E-state index is 11.2.